The lowest BCUT2D eigenvalue weighted by Crippen LogP contribution is -2.25. The molecule has 8 heteroatoms. The van der Waals surface area contributed by atoms with Crippen LogP contribution in [0.25, 0.3) is 10.1 Å². The summed E-state index contributed by atoms with van der Waals surface area (Å²) in [5, 5.41) is 11.2. The largest absolute Gasteiger partial charge is 0.351 e. The summed E-state index contributed by atoms with van der Waals surface area (Å²) in [4.78, 5) is 16.7. The first kappa shape index (κ1) is 14.3. The summed E-state index contributed by atoms with van der Waals surface area (Å²) < 4.78 is 0.896. The van der Waals surface area contributed by atoms with E-state index in [1.165, 1.54) is 17.7 Å². The van der Waals surface area contributed by atoms with Crippen LogP contribution in [0.4, 0.5) is 0 Å². The number of rotatable bonds is 4. The molecule has 2 N–H and O–H groups in total. The van der Waals surface area contributed by atoms with Crippen molar-refractivity contribution in [3.63, 3.8) is 0 Å². The number of nitrogens with zero attached hydrogens (tertiary/aromatic N) is 2. The van der Waals surface area contributed by atoms with Crippen molar-refractivity contribution in [2.75, 3.05) is 6.54 Å². The zero-order chi connectivity index (χ0) is 14.8. The Bertz CT molecular complexity index is 785. The Labute approximate surface area is 134 Å². The highest BCUT2D eigenvalue weighted by Gasteiger charge is 2.17. The second kappa shape index (κ2) is 6.01. The molecule has 0 saturated heterocycles. The van der Waals surface area contributed by atoms with Crippen LogP contribution in [-0.2, 0) is 6.42 Å². The van der Waals surface area contributed by atoms with Crippen molar-refractivity contribution in [3.05, 3.63) is 45.3 Å². The molecule has 21 heavy (non-hydrogen) atoms. The highest BCUT2D eigenvalue weighted by Crippen LogP contribution is 2.36. The van der Waals surface area contributed by atoms with E-state index < -0.39 is 0 Å². The molecule has 0 unspecified atom stereocenters. The zero-order valence-corrected chi connectivity index (χ0v) is 13.0. The predicted molar refractivity (Wildman–Crippen MR) is 84.3 cm³/mol. The van der Waals surface area contributed by atoms with Gasteiger partial charge in [0, 0.05) is 28.1 Å². The van der Waals surface area contributed by atoms with Crippen molar-refractivity contribution >= 4 is 50.5 Å². The molecule has 0 aliphatic heterocycles. The lowest BCUT2D eigenvalue weighted by atomic mass is 10.2. The van der Waals surface area contributed by atoms with Gasteiger partial charge in [-0.2, -0.15) is 5.10 Å². The van der Waals surface area contributed by atoms with Gasteiger partial charge in [0.15, 0.2) is 0 Å². The molecule has 3 rings (SSSR count). The smallest absolute Gasteiger partial charge is 0.262 e. The lowest BCUT2D eigenvalue weighted by molar-refractivity contribution is 0.0958. The van der Waals surface area contributed by atoms with Gasteiger partial charge < -0.3 is 5.32 Å². The Morgan fingerprint density at radius 1 is 1.38 bits per heavy atom. The summed E-state index contributed by atoms with van der Waals surface area (Å²) in [6, 6.07) is 5.38. The minimum absolute atomic E-state index is 0.197. The van der Waals surface area contributed by atoms with E-state index in [2.05, 4.69) is 20.5 Å². The fourth-order valence-electron chi connectivity index (χ4n) is 1.91. The van der Waals surface area contributed by atoms with Gasteiger partial charge in [-0.1, -0.05) is 29.3 Å². The molecule has 0 aliphatic rings. The Balaban J connectivity index is 1.73. The number of nitrogens with one attached hydrogen (secondary N) is 2. The summed E-state index contributed by atoms with van der Waals surface area (Å²) in [7, 11) is 0. The van der Waals surface area contributed by atoms with Gasteiger partial charge in [0.05, 0.1) is 5.02 Å². The van der Waals surface area contributed by atoms with Crippen molar-refractivity contribution < 1.29 is 4.79 Å². The average molecular weight is 341 g/mol. The van der Waals surface area contributed by atoms with Crippen LogP contribution in [0.1, 0.15) is 15.5 Å². The number of benzene rings is 1. The van der Waals surface area contributed by atoms with Crippen LogP contribution in [-0.4, -0.2) is 27.6 Å². The molecule has 0 radical (unpaired) electrons. The Morgan fingerprint density at radius 3 is 3.00 bits per heavy atom. The van der Waals surface area contributed by atoms with Crippen LogP contribution in [0.3, 0.4) is 0 Å². The minimum atomic E-state index is -0.197. The summed E-state index contributed by atoms with van der Waals surface area (Å²) in [6.45, 7) is 0.458. The third-order valence-electron chi connectivity index (χ3n) is 2.91. The van der Waals surface area contributed by atoms with Crippen molar-refractivity contribution in [1.82, 2.24) is 20.5 Å². The highest BCUT2D eigenvalue weighted by atomic mass is 35.5. The maximum atomic E-state index is 12.2. The number of H-pyrrole nitrogens is 1. The van der Waals surface area contributed by atoms with E-state index in [0.717, 1.165) is 15.9 Å². The first-order chi connectivity index (χ1) is 10.1. The van der Waals surface area contributed by atoms with E-state index >= 15 is 0 Å². The van der Waals surface area contributed by atoms with Crippen LogP contribution in [0.5, 0.6) is 0 Å². The summed E-state index contributed by atoms with van der Waals surface area (Å²) in [6.07, 6.45) is 2.02. The molecule has 108 valence electrons. The number of aromatic amines is 1. The highest BCUT2D eigenvalue weighted by molar-refractivity contribution is 7.21. The molecular weight excluding hydrogens is 331 g/mol. The van der Waals surface area contributed by atoms with Gasteiger partial charge >= 0.3 is 0 Å². The number of amides is 1. The average Bonchev–Trinajstić information content (AvgIpc) is 3.07. The number of carbonyl (C=O) groups is 1. The normalized spacial score (nSPS) is 11.0. The first-order valence-corrected chi connectivity index (χ1v) is 7.72. The number of carbonyl (C=O) groups excluding carboxylic acids is 1. The molecule has 0 saturated carbocycles. The van der Waals surface area contributed by atoms with Gasteiger partial charge in [0.25, 0.3) is 5.91 Å². The number of hydrogen-bond donors (Lipinski definition) is 2. The Hall–Kier alpha value is -1.63. The van der Waals surface area contributed by atoms with Gasteiger partial charge in [0.1, 0.15) is 17.0 Å². The Morgan fingerprint density at radius 2 is 2.24 bits per heavy atom. The summed E-state index contributed by atoms with van der Waals surface area (Å²) in [5.74, 6) is 0.529. The van der Waals surface area contributed by atoms with Gasteiger partial charge in [0.2, 0.25) is 0 Å². The van der Waals surface area contributed by atoms with Crippen LogP contribution in [0.15, 0.2) is 24.5 Å². The maximum Gasteiger partial charge on any atom is 0.262 e. The van der Waals surface area contributed by atoms with Gasteiger partial charge in [-0.05, 0) is 12.1 Å². The second-order valence-corrected chi connectivity index (χ2v) is 6.19. The molecule has 0 fully saturated rings. The molecule has 1 aromatic carbocycles. The van der Waals surface area contributed by atoms with Crippen molar-refractivity contribution in [1.29, 1.82) is 0 Å². The van der Waals surface area contributed by atoms with Gasteiger partial charge in [-0.25, -0.2) is 4.98 Å². The number of halogens is 2. The van der Waals surface area contributed by atoms with E-state index in [1.807, 2.05) is 6.07 Å². The number of aromatic nitrogens is 3. The first-order valence-electron chi connectivity index (χ1n) is 6.15. The molecule has 1 amide bonds. The van der Waals surface area contributed by atoms with Crippen LogP contribution < -0.4 is 5.32 Å². The second-order valence-electron chi connectivity index (χ2n) is 4.32. The number of hydrogen-bond acceptors (Lipinski definition) is 4. The molecule has 0 spiro atoms. The molecule has 0 aliphatic carbocycles. The van der Waals surface area contributed by atoms with E-state index in [0.29, 0.717) is 27.9 Å². The molecular formula is C13H10Cl2N4OS. The van der Waals surface area contributed by atoms with E-state index in [-0.39, 0.29) is 5.91 Å². The predicted octanol–water partition coefficient (Wildman–Crippen LogP) is 3.30. The third kappa shape index (κ3) is 3.02. The Kier molecular flexibility index (Phi) is 4.10. The monoisotopic (exact) mass is 340 g/mol. The summed E-state index contributed by atoms with van der Waals surface area (Å²) >= 11 is 13.5. The van der Waals surface area contributed by atoms with Crippen molar-refractivity contribution in [2.45, 2.75) is 6.42 Å². The SMILES string of the molecule is O=C(NCCc1ncn[nH]1)c1sc2cc(Cl)ccc2c1Cl. The van der Waals surface area contributed by atoms with Crippen LogP contribution in [0, 0.1) is 0 Å². The van der Waals surface area contributed by atoms with Gasteiger partial charge in [-0.15, -0.1) is 11.3 Å². The van der Waals surface area contributed by atoms with Crippen LogP contribution >= 0.6 is 34.5 Å². The molecule has 0 atom stereocenters. The quantitative estimate of drug-likeness (QED) is 0.765. The molecule has 3 aromatic rings. The molecule has 0 bridgehead atoms. The van der Waals surface area contributed by atoms with E-state index in [1.54, 1.807) is 12.1 Å². The topological polar surface area (TPSA) is 70.7 Å². The van der Waals surface area contributed by atoms with Gasteiger partial charge in [-0.3, -0.25) is 9.89 Å². The van der Waals surface area contributed by atoms with E-state index in [9.17, 15) is 4.79 Å². The number of thiophene rings is 1. The third-order valence-corrected chi connectivity index (χ3v) is 4.80. The molecule has 2 heterocycles. The summed E-state index contributed by atoms with van der Waals surface area (Å²) in [5.41, 5.74) is 0. The van der Waals surface area contributed by atoms with E-state index in [4.69, 9.17) is 23.2 Å². The standard InChI is InChI=1S/C13H10Cl2N4OS/c14-7-1-2-8-9(5-7)21-12(11(8)15)13(20)16-4-3-10-17-6-18-19-10/h1-2,5-6H,3-4H2,(H,16,20)(H,17,18,19). The van der Waals surface area contributed by atoms with Crippen molar-refractivity contribution in [3.8, 4) is 0 Å². The van der Waals surface area contributed by atoms with Crippen LogP contribution in [0.2, 0.25) is 10.0 Å². The van der Waals surface area contributed by atoms with Crippen molar-refractivity contribution in [2.24, 2.45) is 0 Å². The maximum absolute atomic E-state index is 12.2. The fourth-order valence-corrected chi connectivity index (χ4v) is 3.62. The fraction of sp³-hybridized carbons (Fsp3) is 0.154. The molecule has 5 nitrogen and oxygen atoms in total. The number of fused-ring (bicyclic) bond motifs is 1. The zero-order valence-electron chi connectivity index (χ0n) is 10.7. The molecule has 2 aromatic heterocycles. The lowest BCUT2D eigenvalue weighted by Gasteiger charge is -2.02. The minimum Gasteiger partial charge on any atom is -0.351 e.